The second kappa shape index (κ2) is 35.6. The molecule has 5 amide bonds. The summed E-state index contributed by atoms with van der Waals surface area (Å²) in [4.78, 5) is 79.8. The summed E-state index contributed by atoms with van der Waals surface area (Å²) in [6.07, 6.45) is 5.98. The van der Waals surface area contributed by atoms with E-state index in [9.17, 15) is 67.2 Å². The van der Waals surface area contributed by atoms with Gasteiger partial charge in [-0.15, -0.1) is 11.3 Å². The highest BCUT2D eigenvalue weighted by atomic mass is 32.2. The first-order valence-electron chi connectivity index (χ1n) is 36.6. The molecule has 2 aliphatic heterocycles. The van der Waals surface area contributed by atoms with Crippen molar-refractivity contribution >= 4 is 72.1 Å². The first kappa shape index (κ1) is 82.4. The molecule has 106 heavy (non-hydrogen) atoms. The third kappa shape index (κ3) is 22.3. The fraction of sp³-hybridized carbons (Fsp3) is 0.538. The van der Waals surface area contributed by atoms with Crippen LogP contribution in [-0.2, 0) is 45.5 Å². The Morgan fingerprint density at radius 3 is 2.13 bits per heavy atom. The van der Waals surface area contributed by atoms with Crippen LogP contribution in [0.5, 0.6) is 0 Å². The summed E-state index contributed by atoms with van der Waals surface area (Å²) < 4.78 is 142. The number of sulfone groups is 1. The number of aromatic nitrogens is 1. The minimum atomic E-state index is -6.18. The van der Waals surface area contributed by atoms with E-state index in [0.717, 1.165) is 84.6 Å². The zero-order valence-corrected chi connectivity index (χ0v) is 64.1. The highest BCUT2D eigenvalue weighted by molar-refractivity contribution is 7.92. The molecule has 3 fully saturated rings. The van der Waals surface area contributed by atoms with Gasteiger partial charge < -0.3 is 36.0 Å². The Morgan fingerprint density at radius 2 is 1.49 bits per heavy atom. The van der Waals surface area contributed by atoms with Crippen LogP contribution in [0.15, 0.2) is 136 Å². The molecule has 2 saturated heterocycles. The van der Waals surface area contributed by atoms with E-state index in [1.165, 1.54) is 39.5 Å². The number of allylic oxidation sites excluding steroid dienone is 2. The van der Waals surface area contributed by atoms with Crippen LogP contribution in [0.25, 0.3) is 10.4 Å². The minimum Gasteiger partial charge on any atom is -0.381 e. The van der Waals surface area contributed by atoms with Gasteiger partial charge in [0.25, 0.3) is 38.1 Å². The van der Waals surface area contributed by atoms with Crippen LogP contribution in [0.3, 0.4) is 0 Å². The van der Waals surface area contributed by atoms with Gasteiger partial charge in [0.2, 0.25) is 17.7 Å². The number of rotatable bonds is 35. The summed E-state index contributed by atoms with van der Waals surface area (Å²) in [5.41, 5.74) is -0.731. The molecule has 0 radical (unpaired) electrons. The molecule has 5 N–H and O–H groups in total. The van der Waals surface area contributed by atoms with E-state index >= 15 is 0 Å². The van der Waals surface area contributed by atoms with Gasteiger partial charge in [-0.1, -0.05) is 120 Å². The van der Waals surface area contributed by atoms with Crippen molar-refractivity contribution in [2.24, 2.45) is 10.8 Å². The first-order valence-corrected chi connectivity index (χ1v) is 40.5. The van der Waals surface area contributed by atoms with Gasteiger partial charge >= 0.3 is 5.51 Å². The van der Waals surface area contributed by atoms with Gasteiger partial charge in [0, 0.05) is 63.1 Å². The van der Waals surface area contributed by atoms with Gasteiger partial charge in [0.15, 0.2) is 5.67 Å². The predicted octanol–water partition coefficient (Wildman–Crippen LogP) is 13.4. The zero-order chi connectivity index (χ0) is 76.9. The second-order valence-corrected chi connectivity index (χ2v) is 35.1. The van der Waals surface area contributed by atoms with E-state index < -0.39 is 106 Å². The third-order valence-electron chi connectivity index (χ3n) is 20.7. The number of hydrogen-bond donors (Lipinski definition) is 5. The molecule has 4 aliphatic rings. The Morgan fingerprint density at radius 1 is 0.802 bits per heavy atom. The van der Waals surface area contributed by atoms with Gasteiger partial charge in [-0.3, -0.25) is 28.9 Å². The molecular formula is C78H102F6N10O9S3. The van der Waals surface area contributed by atoms with Crippen molar-refractivity contribution in [3.8, 4) is 10.4 Å². The number of hydrogen-bond acceptors (Lipinski definition) is 15. The van der Waals surface area contributed by atoms with E-state index in [2.05, 4.69) is 56.5 Å². The smallest absolute Gasteiger partial charge is 0.381 e. The summed E-state index contributed by atoms with van der Waals surface area (Å²) in [6, 6.07) is 22.0. The molecule has 28 heteroatoms. The highest BCUT2D eigenvalue weighted by Gasteiger charge is 2.53. The number of alkyl halides is 6. The van der Waals surface area contributed by atoms with Crippen LogP contribution in [0.2, 0.25) is 0 Å². The summed E-state index contributed by atoms with van der Waals surface area (Å²) in [6.45, 7) is 20.3. The van der Waals surface area contributed by atoms with Crippen LogP contribution in [0.4, 0.5) is 37.7 Å². The molecule has 2 aliphatic carbocycles. The molecule has 9 rings (SSSR count). The molecule has 0 spiro atoms. The average molecular weight is 1530 g/mol. The molecule has 0 unspecified atom stereocenters. The Bertz CT molecular complexity index is 4160. The van der Waals surface area contributed by atoms with Crippen LogP contribution in [0.1, 0.15) is 171 Å². The van der Waals surface area contributed by atoms with Crippen LogP contribution < -0.4 is 30.9 Å². The molecule has 19 nitrogen and oxygen atoms in total. The van der Waals surface area contributed by atoms with Crippen molar-refractivity contribution in [3.05, 3.63) is 148 Å². The number of halogens is 6. The maximum Gasteiger partial charge on any atom is 0.501 e. The molecule has 5 aromatic rings. The SMILES string of the molecule is C=C(CCC1=C(CN2CCN(c3ccc(C(=O)NS(=O)(=O)c4ccc(N[C@@H](CCc5ccccc5)CCN(C)CCCCCCNC(=O)C[C@H](NC(=O)[C@@H]5CCCN5C(=O)[C@@H](NC(=O)C5(F)CC5)C(C)(C)C)c5ccc(-c6scnc6C)cc5)c(S(=O)(=O)C(F)(F)F)c4)cc3)CC2)CCC(C)(C)C1)C(F)F. The standard InChI is InChI=1S/C78H102F6N10O9S3/c1-52(70(79)80)20-22-58-49-76(6,7)36-34-59(58)50-92-43-45-93(46-44-92)61-30-27-57(28-31-61)71(96)90-106(102,103)62-32-33-63(66(47-62)105(100,101)78(82,83)84)87-60(29-21-54-17-12-11-13-18-54)35-42-91(8)40-15-10-9-14-39-85-67(95)48-64(55-23-25-56(26-24-55)68-53(2)86-51-104-68)88-72(97)65-19-16-41-94(65)73(98)69(75(3,4)5)89-74(99)77(81)37-38-77/h11-13,17-18,23-28,30-33,47,51,60,64-65,69-70,87H,1,9-10,14-16,19-22,29,34-46,48-50H2,2-8H3,(H,85,95)(H,88,97)(H,89,99)(H,90,96)/t60-,64-,65-,69+/m0/s1. The number of thiazole rings is 1. The first-order chi connectivity index (χ1) is 50.0. The normalized spacial score (nSPS) is 17.9. The number of aryl methyl sites for hydroxylation is 2. The zero-order valence-electron chi connectivity index (χ0n) is 61.7. The number of benzene rings is 4. The van der Waals surface area contributed by atoms with Crippen LogP contribution in [0, 0.1) is 17.8 Å². The van der Waals surface area contributed by atoms with E-state index in [0.29, 0.717) is 102 Å². The monoisotopic (exact) mass is 1530 g/mol. The van der Waals surface area contributed by atoms with E-state index in [-0.39, 0.29) is 54.7 Å². The predicted molar refractivity (Wildman–Crippen MR) is 401 cm³/mol. The summed E-state index contributed by atoms with van der Waals surface area (Å²) in [5, 5.41) is 11.7. The van der Waals surface area contributed by atoms with Gasteiger partial charge in [-0.05, 0) is 193 Å². The lowest BCUT2D eigenvalue weighted by molar-refractivity contribution is -0.145. The van der Waals surface area contributed by atoms with Crippen molar-refractivity contribution < 1.29 is 67.2 Å². The Kier molecular flexibility index (Phi) is 27.7. The fourth-order valence-corrected chi connectivity index (χ4v) is 16.8. The fourth-order valence-electron chi connectivity index (χ4n) is 14.0. The number of nitrogens with one attached hydrogen (secondary N) is 5. The number of amides is 5. The molecule has 1 aromatic heterocycles. The van der Waals surface area contributed by atoms with Crippen molar-refractivity contribution in [3.63, 3.8) is 0 Å². The van der Waals surface area contributed by atoms with Crippen molar-refractivity contribution in [2.45, 2.75) is 202 Å². The topological polar surface area (TPSA) is 240 Å². The number of anilines is 2. The molecule has 4 aromatic carbocycles. The molecule has 4 atom stereocenters. The molecule has 1 saturated carbocycles. The number of nitrogens with zero attached hydrogens (tertiary/aromatic N) is 5. The second-order valence-electron chi connectivity index (χ2n) is 30.7. The quantitative estimate of drug-likeness (QED) is 0.0144. The minimum absolute atomic E-state index is 0.0565. The maximum absolute atomic E-state index is 14.8. The number of piperazine rings is 1. The average Bonchev–Trinajstić information content (AvgIpc) is 1.17. The number of carbonyl (C=O) groups is 5. The van der Waals surface area contributed by atoms with Crippen LogP contribution >= 0.6 is 11.3 Å². The lowest BCUT2D eigenvalue weighted by Crippen LogP contribution is -2.59. The largest absolute Gasteiger partial charge is 0.501 e. The van der Waals surface area contributed by atoms with Crippen molar-refractivity contribution in [1.82, 2.24) is 40.4 Å². The lowest BCUT2D eigenvalue weighted by Gasteiger charge is -2.39. The Balaban J connectivity index is 0.771. The summed E-state index contributed by atoms with van der Waals surface area (Å²) in [5.74, 6) is -3.18. The van der Waals surface area contributed by atoms with Gasteiger partial charge in [-0.2, -0.15) is 13.2 Å². The van der Waals surface area contributed by atoms with Crippen molar-refractivity contribution in [1.29, 1.82) is 0 Å². The number of unbranched alkanes of at least 4 members (excludes halogenated alkanes) is 3. The Labute approximate surface area is 624 Å². The van der Waals surface area contributed by atoms with E-state index in [1.807, 2.05) is 78.2 Å². The van der Waals surface area contributed by atoms with Crippen LogP contribution in [-0.4, -0.2) is 168 Å². The highest BCUT2D eigenvalue weighted by Crippen LogP contribution is 2.43. The van der Waals surface area contributed by atoms with Crippen molar-refractivity contribution in [2.75, 3.05) is 76.2 Å². The summed E-state index contributed by atoms with van der Waals surface area (Å²) >= 11 is 1.49. The Hall–Kier alpha value is -7.66. The summed E-state index contributed by atoms with van der Waals surface area (Å²) in [7, 11) is -9.25. The molecule has 3 heterocycles. The maximum atomic E-state index is 14.8. The lowest BCUT2D eigenvalue weighted by atomic mass is 9.73. The molecular weight excluding hydrogens is 1430 g/mol. The van der Waals surface area contributed by atoms with E-state index in [1.54, 1.807) is 38.4 Å². The van der Waals surface area contributed by atoms with E-state index in [4.69, 9.17) is 0 Å². The number of carbonyl (C=O) groups excluding carboxylic acids is 5. The van der Waals surface area contributed by atoms with Gasteiger partial charge in [0.1, 0.15) is 17.0 Å². The van der Waals surface area contributed by atoms with Gasteiger partial charge in [0.05, 0.1) is 39.1 Å². The van der Waals surface area contributed by atoms with Gasteiger partial charge in [-0.25, -0.2) is 39.7 Å². The molecule has 578 valence electrons. The molecule has 0 bridgehead atoms. The number of likely N-dealkylation sites (tertiary alicyclic amines) is 1. The third-order valence-corrected chi connectivity index (χ3v) is 24.5. The number of sulfonamides is 1.